The van der Waals surface area contributed by atoms with Gasteiger partial charge in [-0.1, -0.05) is 0 Å². The molecule has 0 aliphatic rings. The van der Waals surface area contributed by atoms with E-state index in [-0.39, 0.29) is 18.8 Å². The van der Waals surface area contributed by atoms with Crippen LogP contribution in [0.4, 0.5) is 0 Å². The zero-order valence-electron chi connectivity index (χ0n) is 6.45. The summed E-state index contributed by atoms with van der Waals surface area (Å²) in [5, 5.41) is 8.89. The van der Waals surface area contributed by atoms with Gasteiger partial charge in [-0.2, -0.15) is 0 Å². The Hall–Kier alpha value is -0.320. The highest BCUT2D eigenvalue weighted by Gasteiger charge is 2.13. The van der Waals surface area contributed by atoms with Crippen LogP contribution in [-0.4, -0.2) is 30.3 Å². The normalized spacial score (nSPS) is 11.5. The molecule has 0 saturated carbocycles. The Kier molecular flexibility index (Phi) is 9.40. The van der Waals surface area contributed by atoms with E-state index >= 15 is 0 Å². The first-order valence-corrected chi connectivity index (χ1v) is 3.27. The quantitative estimate of drug-likeness (QED) is 0.586. The van der Waals surface area contributed by atoms with Gasteiger partial charge in [-0.15, -0.1) is 12.4 Å². The monoisotopic (exact) mass is 183 g/mol. The minimum atomic E-state index is -1.05. The van der Waals surface area contributed by atoms with Crippen LogP contribution in [0.5, 0.6) is 0 Å². The molecule has 0 aliphatic carbocycles. The van der Waals surface area contributed by atoms with Crippen molar-refractivity contribution in [3.05, 3.63) is 0 Å². The summed E-state index contributed by atoms with van der Waals surface area (Å²) in [7, 11) is 0. The molecule has 0 bridgehead atoms. The van der Waals surface area contributed by atoms with Gasteiger partial charge in [-0.25, -0.2) is 4.79 Å². The molecule has 1 atom stereocenters. The SMILES string of the molecule is CCOC(=O)[C@@H](O)CCN.Cl. The Labute approximate surface area is 72.1 Å². The van der Waals surface area contributed by atoms with E-state index in [1.807, 2.05) is 0 Å². The number of rotatable bonds is 4. The smallest absolute Gasteiger partial charge is 0.334 e. The van der Waals surface area contributed by atoms with Crippen LogP contribution in [0.1, 0.15) is 13.3 Å². The molecule has 0 aromatic heterocycles. The summed E-state index contributed by atoms with van der Waals surface area (Å²) in [6, 6.07) is 0. The summed E-state index contributed by atoms with van der Waals surface area (Å²) in [6.07, 6.45) is -0.788. The molecule has 0 saturated heterocycles. The molecule has 0 radical (unpaired) electrons. The van der Waals surface area contributed by atoms with E-state index in [1.165, 1.54) is 0 Å². The highest BCUT2D eigenvalue weighted by molar-refractivity contribution is 5.85. The molecule has 5 heteroatoms. The summed E-state index contributed by atoms with van der Waals surface area (Å²) in [5.74, 6) is -0.590. The number of halogens is 1. The van der Waals surface area contributed by atoms with Gasteiger partial charge in [0.05, 0.1) is 6.61 Å². The van der Waals surface area contributed by atoms with Crippen molar-refractivity contribution in [2.75, 3.05) is 13.2 Å². The molecular formula is C6H14ClNO3. The lowest BCUT2D eigenvalue weighted by molar-refractivity contribution is -0.153. The van der Waals surface area contributed by atoms with E-state index < -0.39 is 12.1 Å². The zero-order chi connectivity index (χ0) is 7.98. The van der Waals surface area contributed by atoms with Crippen molar-refractivity contribution in [3.8, 4) is 0 Å². The third-order valence-electron chi connectivity index (χ3n) is 0.999. The molecule has 0 fully saturated rings. The van der Waals surface area contributed by atoms with Gasteiger partial charge in [0.1, 0.15) is 0 Å². The van der Waals surface area contributed by atoms with Crippen molar-refractivity contribution in [2.24, 2.45) is 5.73 Å². The molecule has 0 rings (SSSR count). The Bertz CT molecular complexity index is 110. The largest absolute Gasteiger partial charge is 0.464 e. The molecule has 0 heterocycles. The van der Waals surface area contributed by atoms with Crippen molar-refractivity contribution in [2.45, 2.75) is 19.4 Å². The fraction of sp³-hybridized carbons (Fsp3) is 0.833. The molecule has 0 aromatic carbocycles. The first-order valence-electron chi connectivity index (χ1n) is 3.27. The van der Waals surface area contributed by atoms with Crippen molar-refractivity contribution in [1.29, 1.82) is 0 Å². The Balaban J connectivity index is 0. The standard InChI is InChI=1S/C6H13NO3.ClH/c1-2-10-6(9)5(8)3-4-7;/h5,8H,2-4,7H2,1H3;1H/t5-;/m0./s1. The van der Waals surface area contributed by atoms with E-state index in [0.29, 0.717) is 13.2 Å². The first kappa shape index (κ1) is 13.3. The molecule has 0 unspecified atom stereocenters. The van der Waals surface area contributed by atoms with Gasteiger partial charge >= 0.3 is 5.97 Å². The number of aliphatic hydroxyl groups is 1. The number of ether oxygens (including phenoxy) is 1. The number of hydrogen-bond donors (Lipinski definition) is 2. The predicted molar refractivity (Wildman–Crippen MR) is 43.6 cm³/mol. The minimum absolute atomic E-state index is 0. The Morgan fingerprint density at radius 1 is 1.73 bits per heavy atom. The van der Waals surface area contributed by atoms with E-state index in [1.54, 1.807) is 6.92 Å². The molecule has 68 valence electrons. The first-order chi connectivity index (χ1) is 4.72. The lowest BCUT2D eigenvalue weighted by Gasteiger charge is -2.06. The summed E-state index contributed by atoms with van der Waals surface area (Å²) in [4.78, 5) is 10.6. The molecule has 4 nitrogen and oxygen atoms in total. The topological polar surface area (TPSA) is 72.5 Å². The lowest BCUT2D eigenvalue weighted by Crippen LogP contribution is -2.25. The number of nitrogens with two attached hydrogens (primary N) is 1. The second-order valence-corrected chi connectivity index (χ2v) is 1.85. The average molecular weight is 184 g/mol. The Morgan fingerprint density at radius 3 is 2.64 bits per heavy atom. The fourth-order valence-electron chi connectivity index (χ4n) is 0.514. The second kappa shape index (κ2) is 7.78. The molecular weight excluding hydrogens is 170 g/mol. The number of hydrogen-bond acceptors (Lipinski definition) is 4. The predicted octanol–water partition coefficient (Wildman–Crippen LogP) is -0.319. The van der Waals surface area contributed by atoms with Crippen molar-refractivity contribution in [1.82, 2.24) is 0 Å². The maximum absolute atomic E-state index is 10.6. The van der Waals surface area contributed by atoms with Gasteiger partial charge in [0, 0.05) is 0 Å². The molecule has 11 heavy (non-hydrogen) atoms. The third-order valence-corrected chi connectivity index (χ3v) is 0.999. The van der Waals surface area contributed by atoms with Gasteiger partial charge in [0.25, 0.3) is 0 Å². The summed E-state index contributed by atoms with van der Waals surface area (Å²) >= 11 is 0. The van der Waals surface area contributed by atoms with Gasteiger partial charge in [0.15, 0.2) is 6.10 Å². The van der Waals surface area contributed by atoms with Crippen LogP contribution in [0.25, 0.3) is 0 Å². The van der Waals surface area contributed by atoms with Gasteiger partial charge < -0.3 is 15.6 Å². The Morgan fingerprint density at radius 2 is 2.27 bits per heavy atom. The average Bonchev–Trinajstić information content (AvgIpc) is 1.89. The van der Waals surface area contributed by atoms with Gasteiger partial charge in [0.2, 0.25) is 0 Å². The highest BCUT2D eigenvalue weighted by atomic mass is 35.5. The molecule has 0 aliphatic heterocycles. The van der Waals surface area contributed by atoms with Crippen molar-refractivity contribution in [3.63, 3.8) is 0 Å². The lowest BCUT2D eigenvalue weighted by atomic mass is 10.2. The third kappa shape index (κ3) is 6.09. The summed E-state index contributed by atoms with van der Waals surface area (Å²) in [5.41, 5.74) is 5.10. The van der Waals surface area contributed by atoms with E-state index in [0.717, 1.165) is 0 Å². The van der Waals surface area contributed by atoms with Crippen molar-refractivity contribution < 1.29 is 14.6 Å². The van der Waals surface area contributed by atoms with Crippen LogP contribution in [0.15, 0.2) is 0 Å². The summed E-state index contributed by atoms with van der Waals surface area (Å²) in [6.45, 7) is 2.27. The molecule has 0 amide bonds. The van der Waals surface area contributed by atoms with Crippen LogP contribution in [-0.2, 0) is 9.53 Å². The second-order valence-electron chi connectivity index (χ2n) is 1.85. The maximum Gasteiger partial charge on any atom is 0.334 e. The van der Waals surface area contributed by atoms with Crippen LogP contribution in [0, 0.1) is 0 Å². The molecule has 3 N–H and O–H groups in total. The molecule has 0 aromatic rings. The minimum Gasteiger partial charge on any atom is -0.464 e. The number of carbonyl (C=O) groups excluding carboxylic acids is 1. The summed E-state index contributed by atoms with van der Waals surface area (Å²) < 4.78 is 4.51. The van der Waals surface area contributed by atoms with E-state index in [2.05, 4.69) is 4.74 Å². The van der Waals surface area contributed by atoms with Gasteiger partial charge in [-0.05, 0) is 19.9 Å². The van der Waals surface area contributed by atoms with E-state index in [9.17, 15) is 4.79 Å². The van der Waals surface area contributed by atoms with Crippen LogP contribution in [0.2, 0.25) is 0 Å². The fourth-order valence-corrected chi connectivity index (χ4v) is 0.514. The van der Waals surface area contributed by atoms with Crippen LogP contribution in [0.3, 0.4) is 0 Å². The van der Waals surface area contributed by atoms with Gasteiger partial charge in [-0.3, -0.25) is 0 Å². The number of esters is 1. The molecule has 0 spiro atoms. The van der Waals surface area contributed by atoms with Crippen molar-refractivity contribution >= 4 is 18.4 Å². The number of carbonyl (C=O) groups is 1. The van der Waals surface area contributed by atoms with Crippen LogP contribution >= 0.6 is 12.4 Å². The maximum atomic E-state index is 10.6. The highest BCUT2D eigenvalue weighted by Crippen LogP contribution is 1.92. The number of aliphatic hydroxyl groups excluding tert-OH is 1. The zero-order valence-corrected chi connectivity index (χ0v) is 7.26. The van der Waals surface area contributed by atoms with Crippen LogP contribution < -0.4 is 5.73 Å². The van der Waals surface area contributed by atoms with E-state index in [4.69, 9.17) is 10.8 Å².